The van der Waals surface area contributed by atoms with E-state index >= 15 is 0 Å². The minimum Gasteiger partial charge on any atom is -0.370 e. The summed E-state index contributed by atoms with van der Waals surface area (Å²) in [6.07, 6.45) is 4.77. The van der Waals surface area contributed by atoms with Gasteiger partial charge in [-0.15, -0.1) is 36.6 Å². The lowest BCUT2D eigenvalue weighted by Gasteiger charge is -2.20. The van der Waals surface area contributed by atoms with E-state index < -0.39 is 0 Å². The number of thioether (sulfide) groups is 1. The van der Waals surface area contributed by atoms with Gasteiger partial charge >= 0.3 is 0 Å². The lowest BCUT2D eigenvalue weighted by molar-refractivity contribution is -0.129. The van der Waals surface area contributed by atoms with Gasteiger partial charge in [0.25, 0.3) is 0 Å². The average molecular weight is 443 g/mol. The molecule has 10 heteroatoms. The number of amides is 1. The second-order valence-electron chi connectivity index (χ2n) is 6.66. The number of hydrogen-bond acceptors (Lipinski definition) is 6. The molecule has 2 fully saturated rings. The fourth-order valence-electron chi connectivity index (χ4n) is 3.38. The minimum atomic E-state index is -0.281. The molecule has 2 heterocycles. The van der Waals surface area contributed by atoms with Crippen LogP contribution >= 0.6 is 36.6 Å². The van der Waals surface area contributed by atoms with Crippen LogP contribution in [-0.4, -0.2) is 52.6 Å². The molecule has 28 heavy (non-hydrogen) atoms. The summed E-state index contributed by atoms with van der Waals surface area (Å²) in [6, 6.07) is 5.85. The Morgan fingerprint density at radius 1 is 1.43 bits per heavy atom. The van der Waals surface area contributed by atoms with Crippen LogP contribution in [0.15, 0.2) is 18.3 Å². The maximum Gasteiger partial charge on any atom is 0.238 e. The van der Waals surface area contributed by atoms with Crippen molar-refractivity contribution in [1.82, 2.24) is 15.2 Å². The third-order valence-electron chi connectivity index (χ3n) is 4.88. The molecule has 0 aromatic carbocycles. The molecule has 1 aliphatic heterocycles. The predicted molar refractivity (Wildman–Crippen MR) is 116 cm³/mol. The number of pyridine rings is 1. The van der Waals surface area contributed by atoms with Crippen molar-refractivity contribution in [3.05, 3.63) is 29.7 Å². The first kappa shape index (κ1) is 24.3. The molecule has 2 unspecified atom stereocenters. The molecule has 152 valence electrons. The van der Waals surface area contributed by atoms with Crippen LogP contribution in [0, 0.1) is 23.8 Å². The molecule has 1 aromatic rings. The van der Waals surface area contributed by atoms with Crippen molar-refractivity contribution in [2.75, 3.05) is 30.0 Å². The maximum absolute atomic E-state index is 12.3. The third kappa shape index (κ3) is 6.42. The first-order valence-corrected chi connectivity index (χ1v) is 9.92. The highest BCUT2D eigenvalue weighted by molar-refractivity contribution is 7.99. The first-order valence-electron chi connectivity index (χ1n) is 8.77. The normalized spacial score (nSPS) is 23.1. The van der Waals surface area contributed by atoms with Gasteiger partial charge in [-0.3, -0.25) is 9.78 Å². The first-order chi connectivity index (χ1) is 12.7. The Morgan fingerprint density at radius 2 is 2.25 bits per heavy atom. The van der Waals surface area contributed by atoms with Crippen molar-refractivity contribution >= 4 is 54.0 Å². The zero-order valence-corrected chi connectivity index (χ0v) is 17.8. The van der Waals surface area contributed by atoms with Crippen LogP contribution in [-0.2, 0) is 4.79 Å². The molecular weight excluding hydrogens is 419 g/mol. The summed E-state index contributed by atoms with van der Waals surface area (Å²) in [5.74, 6) is 2.68. The van der Waals surface area contributed by atoms with Crippen LogP contribution in [0.2, 0.25) is 0 Å². The molecule has 1 amide bonds. The predicted octanol–water partition coefficient (Wildman–Crippen LogP) is 3.07. The van der Waals surface area contributed by atoms with E-state index in [9.17, 15) is 4.79 Å². The van der Waals surface area contributed by atoms with Gasteiger partial charge in [-0.25, -0.2) is 4.85 Å². The van der Waals surface area contributed by atoms with Gasteiger partial charge in [0.05, 0.1) is 25.1 Å². The Morgan fingerprint density at radius 3 is 2.93 bits per heavy atom. The van der Waals surface area contributed by atoms with Gasteiger partial charge in [0, 0.05) is 24.5 Å². The number of anilines is 1. The molecule has 2 N–H and O–H groups in total. The number of carbonyl (C=O) groups excluding carboxylic acids is 1. The van der Waals surface area contributed by atoms with Crippen LogP contribution in [0.1, 0.15) is 19.3 Å². The van der Waals surface area contributed by atoms with E-state index in [0.717, 1.165) is 31.6 Å². The molecule has 2 aliphatic rings. The molecule has 3 atom stereocenters. The number of nitriles is 1. The van der Waals surface area contributed by atoms with Crippen LogP contribution in [0.25, 0.3) is 4.85 Å². The van der Waals surface area contributed by atoms with Crippen molar-refractivity contribution in [1.29, 1.82) is 5.26 Å². The molecule has 0 spiro atoms. The molecule has 0 radical (unpaired) electrons. The number of halogens is 2. The van der Waals surface area contributed by atoms with Gasteiger partial charge in [0.15, 0.2) is 0 Å². The summed E-state index contributed by atoms with van der Waals surface area (Å²) in [6.45, 7) is 8.09. The Bertz CT molecular complexity index is 720. The van der Waals surface area contributed by atoms with Crippen molar-refractivity contribution in [3.8, 4) is 6.07 Å². The smallest absolute Gasteiger partial charge is 0.238 e. The molecule has 1 aliphatic carbocycles. The van der Waals surface area contributed by atoms with Crippen LogP contribution in [0.4, 0.5) is 11.5 Å². The van der Waals surface area contributed by atoms with Gasteiger partial charge in [0.1, 0.15) is 11.9 Å². The highest BCUT2D eigenvalue weighted by Crippen LogP contribution is 2.26. The fraction of sp³-hybridized carbons (Fsp3) is 0.556. The zero-order valence-electron chi connectivity index (χ0n) is 15.3. The summed E-state index contributed by atoms with van der Waals surface area (Å²) in [7, 11) is 0. The molecule has 0 bridgehead atoms. The number of aromatic nitrogens is 1. The van der Waals surface area contributed by atoms with Gasteiger partial charge in [-0.05, 0) is 31.2 Å². The Balaban J connectivity index is 0.00000196. The van der Waals surface area contributed by atoms with E-state index in [4.69, 9.17) is 11.8 Å². The Labute approximate surface area is 182 Å². The van der Waals surface area contributed by atoms with Crippen LogP contribution in [0.3, 0.4) is 0 Å². The van der Waals surface area contributed by atoms with Crippen molar-refractivity contribution < 1.29 is 4.79 Å². The number of rotatable bonds is 6. The molecule has 1 saturated carbocycles. The molecular formula is C18H24Cl2N6OS. The fourth-order valence-corrected chi connectivity index (χ4v) is 4.48. The Kier molecular flexibility index (Phi) is 10.4. The highest BCUT2D eigenvalue weighted by atomic mass is 35.5. The highest BCUT2D eigenvalue weighted by Gasteiger charge is 2.30. The van der Waals surface area contributed by atoms with Crippen LogP contribution < -0.4 is 10.6 Å². The SMILES string of the molecule is Cl.Cl.[C-]#[N+]c1ccc(NCC2CCC(NCC(=O)N3CSC[C@H]3C#N)C2)nc1. The number of hydrogen-bond donors (Lipinski definition) is 2. The maximum atomic E-state index is 12.3. The molecule has 7 nitrogen and oxygen atoms in total. The average Bonchev–Trinajstić information content (AvgIpc) is 3.34. The lowest BCUT2D eigenvalue weighted by Crippen LogP contribution is -2.43. The summed E-state index contributed by atoms with van der Waals surface area (Å²) in [5.41, 5.74) is 0.542. The van der Waals surface area contributed by atoms with E-state index in [2.05, 4.69) is 26.5 Å². The largest absolute Gasteiger partial charge is 0.370 e. The van der Waals surface area contributed by atoms with Crippen molar-refractivity contribution in [3.63, 3.8) is 0 Å². The second-order valence-corrected chi connectivity index (χ2v) is 7.66. The lowest BCUT2D eigenvalue weighted by atomic mass is 10.1. The number of carbonyl (C=O) groups is 1. The molecule has 3 rings (SSSR count). The quantitative estimate of drug-likeness (QED) is 0.658. The van der Waals surface area contributed by atoms with Crippen molar-refractivity contribution in [2.45, 2.75) is 31.3 Å². The van der Waals surface area contributed by atoms with Gasteiger partial charge in [-0.1, -0.05) is 6.07 Å². The monoisotopic (exact) mass is 442 g/mol. The van der Waals surface area contributed by atoms with Gasteiger partial charge in [0.2, 0.25) is 11.6 Å². The van der Waals surface area contributed by atoms with E-state index in [1.54, 1.807) is 28.9 Å². The van der Waals surface area contributed by atoms with Gasteiger partial charge < -0.3 is 15.5 Å². The Hall–Kier alpha value is -1.71. The second kappa shape index (κ2) is 12.0. The third-order valence-corrected chi connectivity index (χ3v) is 5.90. The number of nitrogens with one attached hydrogen (secondary N) is 2. The van der Waals surface area contributed by atoms with E-state index in [1.807, 2.05) is 6.07 Å². The number of nitrogens with zero attached hydrogens (tertiary/aromatic N) is 4. The van der Waals surface area contributed by atoms with Crippen LogP contribution in [0.5, 0.6) is 0 Å². The van der Waals surface area contributed by atoms with E-state index in [1.165, 1.54) is 0 Å². The van der Waals surface area contributed by atoms with E-state index in [0.29, 0.717) is 35.8 Å². The zero-order chi connectivity index (χ0) is 18.4. The minimum absolute atomic E-state index is 0. The summed E-state index contributed by atoms with van der Waals surface area (Å²) in [5, 5.41) is 15.8. The summed E-state index contributed by atoms with van der Waals surface area (Å²) in [4.78, 5) is 21.5. The van der Waals surface area contributed by atoms with Crippen molar-refractivity contribution in [2.24, 2.45) is 5.92 Å². The summed E-state index contributed by atoms with van der Waals surface area (Å²) < 4.78 is 0. The van der Waals surface area contributed by atoms with Gasteiger partial charge in [-0.2, -0.15) is 5.26 Å². The molecule has 1 saturated heterocycles. The summed E-state index contributed by atoms with van der Waals surface area (Å²) >= 11 is 1.63. The van der Waals surface area contributed by atoms with E-state index in [-0.39, 0.29) is 36.8 Å². The standard InChI is InChI=1S/C18H22N6OS.2ClH/c1-20-15-4-5-17(23-9-15)22-8-13-2-3-14(6-13)21-10-18(25)24-12-26-11-16(24)7-19;;/h4-5,9,13-14,16,21H,2-3,6,8,10-12H2,(H,22,23);2*1H/t13?,14?,16-;;/m1../s1. The topological polar surface area (TPSA) is 85.4 Å². The molecule has 1 aromatic heterocycles.